The van der Waals surface area contributed by atoms with Crippen molar-refractivity contribution in [3.63, 3.8) is 0 Å². The highest BCUT2D eigenvalue weighted by molar-refractivity contribution is 5.73. The zero-order valence-electron chi connectivity index (χ0n) is 5.72. The van der Waals surface area contributed by atoms with Gasteiger partial charge < -0.3 is 4.74 Å². The Morgan fingerprint density at radius 2 is 2.56 bits per heavy atom. The number of ether oxygens (including phenoxy) is 1. The fraction of sp³-hybridized carbons (Fsp3) is 0.857. The van der Waals surface area contributed by atoms with Gasteiger partial charge in [0.1, 0.15) is 0 Å². The second-order valence-corrected chi connectivity index (χ2v) is 2.44. The summed E-state index contributed by atoms with van der Waals surface area (Å²) in [6.45, 7) is 2.73. The van der Waals surface area contributed by atoms with Gasteiger partial charge in [0, 0.05) is 0 Å². The molecule has 0 radical (unpaired) electrons. The minimum Gasteiger partial charge on any atom is -0.465 e. The molecule has 0 spiro atoms. The smallest absolute Gasteiger partial charge is 0.309 e. The summed E-state index contributed by atoms with van der Waals surface area (Å²) in [6.07, 6.45) is 3.02. The Hall–Kier alpha value is -0.530. The topological polar surface area (TPSA) is 26.3 Å². The molecule has 52 valence electrons. The van der Waals surface area contributed by atoms with Gasteiger partial charge in [0.2, 0.25) is 0 Å². The van der Waals surface area contributed by atoms with Crippen LogP contribution in [0.5, 0.6) is 0 Å². The lowest BCUT2D eigenvalue weighted by Gasteiger charge is -1.99. The van der Waals surface area contributed by atoms with E-state index in [9.17, 15) is 4.79 Å². The molecule has 1 saturated heterocycles. The predicted molar refractivity (Wildman–Crippen MR) is 34.0 cm³/mol. The molecule has 0 saturated carbocycles. The van der Waals surface area contributed by atoms with E-state index in [1.807, 2.05) is 0 Å². The molecule has 1 atom stereocenters. The highest BCUT2D eigenvalue weighted by Gasteiger charge is 2.24. The number of rotatable bonds is 2. The van der Waals surface area contributed by atoms with E-state index in [0.29, 0.717) is 6.61 Å². The van der Waals surface area contributed by atoms with Crippen molar-refractivity contribution in [2.24, 2.45) is 5.92 Å². The average Bonchev–Trinajstić information content (AvgIpc) is 2.18. The summed E-state index contributed by atoms with van der Waals surface area (Å²) in [5.74, 6) is 0.229. The van der Waals surface area contributed by atoms with Crippen molar-refractivity contribution in [1.29, 1.82) is 0 Å². The van der Waals surface area contributed by atoms with E-state index in [0.717, 1.165) is 19.3 Å². The molecule has 0 aromatic heterocycles. The summed E-state index contributed by atoms with van der Waals surface area (Å²) < 4.78 is 4.78. The summed E-state index contributed by atoms with van der Waals surface area (Å²) in [5, 5.41) is 0. The maximum atomic E-state index is 10.7. The van der Waals surface area contributed by atoms with Crippen LogP contribution in [0.25, 0.3) is 0 Å². The van der Waals surface area contributed by atoms with Crippen molar-refractivity contribution in [1.82, 2.24) is 0 Å². The summed E-state index contributed by atoms with van der Waals surface area (Å²) in [4.78, 5) is 10.7. The zero-order chi connectivity index (χ0) is 6.69. The van der Waals surface area contributed by atoms with Crippen LogP contribution in [0.4, 0.5) is 0 Å². The first-order valence-corrected chi connectivity index (χ1v) is 3.51. The second kappa shape index (κ2) is 2.85. The number of carbonyl (C=O) groups excluding carboxylic acids is 1. The fourth-order valence-corrected chi connectivity index (χ4v) is 1.15. The number of hydrogen-bond acceptors (Lipinski definition) is 2. The standard InChI is InChI=1S/C7H12O2/c1-2-3-6-4-5-9-7(6)8/h6H,2-5H2,1H3. The molecule has 2 heteroatoms. The van der Waals surface area contributed by atoms with Crippen molar-refractivity contribution in [3.8, 4) is 0 Å². The Balaban J connectivity index is 2.31. The average molecular weight is 128 g/mol. The van der Waals surface area contributed by atoms with Gasteiger partial charge in [-0.1, -0.05) is 13.3 Å². The highest BCUT2D eigenvalue weighted by atomic mass is 16.5. The molecule has 0 aliphatic carbocycles. The van der Waals surface area contributed by atoms with Gasteiger partial charge in [-0.25, -0.2) is 0 Å². The predicted octanol–water partition coefficient (Wildman–Crippen LogP) is 1.35. The number of hydrogen-bond donors (Lipinski definition) is 0. The number of esters is 1. The summed E-state index contributed by atoms with van der Waals surface area (Å²) >= 11 is 0. The third-order valence-corrected chi connectivity index (χ3v) is 1.68. The summed E-state index contributed by atoms with van der Waals surface area (Å²) in [7, 11) is 0. The van der Waals surface area contributed by atoms with Gasteiger partial charge in [-0.15, -0.1) is 0 Å². The van der Waals surface area contributed by atoms with Gasteiger partial charge >= 0.3 is 5.97 Å². The molecule has 0 bridgehead atoms. The lowest BCUT2D eigenvalue weighted by atomic mass is 10.0. The monoisotopic (exact) mass is 128 g/mol. The number of cyclic esters (lactones) is 1. The first-order valence-electron chi connectivity index (χ1n) is 3.51. The fourth-order valence-electron chi connectivity index (χ4n) is 1.15. The summed E-state index contributed by atoms with van der Waals surface area (Å²) in [5.41, 5.74) is 0. The van der Waals surface area contributed by atoms with Crippen LogP contribution in [0.3, 0.4) is 0 Å². The van der Waals surface area contributed by atoms with Crippen LogP contribution in [0.15, 0.2) is 0 Å². The largest absolute Gasteiger partial charge is 0.465 e. The molecule has 2 nitrogen and oxygen atoms in total. The van der Waals surface area contributed by atoms with Gasteiger partial charge in [0.05, 0.1) is 12.5 Å². The minimum atomic E-state index is 0.0110. The van der Waals surface area contributed by atoms with Crippen LogP contribution < -0.4 is 0 Å². The zero-order valence-corrected chi connectivity index (χ0v) is 5.72. The van der Waals surface area contributed by atoms with Crippen molar-refractivity contribution in [2.45, 2.75) is 26.2 Å². The lowest BCUT2D eigenvalue weighted by Crippen LogP contribution is -2.06. The van der Waals surface area contributed by atoms with Crippen LogP contribution in [-0.2, 0) is 9.53 Å². The molecule has 0 N–H and O–H groups in total. The molecular formula is C7H12O2. The SMILES string of the molecule is CCCC1CCOC1=O. The van der Waals surface area contributed by atoms with Crippen LogP contribution in [0.2, 0.25) is 0 Å². The Bertz CT molecular complexity index is 109. The van der Waals surface area contributed by atoms with Gasteiger partial charge in [-0.05, 0) is 12.8 Å². The van der Waals surface area contributed by atoms with Crippen LogP contribution in [-0.4, -0.2) is 12.6 Å². The quantitative estimate of drug-likeness (QED) is 0.525. The van der Waals surface area contributed by atoms with E-state index < -0.39 is 0 Å². The van der Waals surface area contributed by atoms with Crippen molar-refractivity contribution in [2.75, 3.05) is 6.61 Å². The second-order valence-electron chi connectivity index (χ2n) is 2.44. The minimum absolute atomic E-state index is 0.0110. The molecule has 1 unspecified atom stereocenters. The van der Waals surface area contributed by atoms with Crippen molar-refractivity contribution in [3.05, 3.63) is 0 Å². The number of carbonyl (C=O) groups is 1. The van der Waals surface area contributed by atoms with E-state index in [1.165, 1.54) is 0 Å². The molecule has 9 heavy (non-hydrogen) atoms. The molecule has 0 amide bonds. The summed E-state index contributed by atoms with van der Waals surface area (Å²) in [6, 6.07) is 0. The molecule has 0 aromatic carbocycles. The lowest BCUT2D eigenvalue weighted by molar-refractivity contribution is -0.141. The van der Waals surface area contributed by atoms with Crippen LogP contribution in [0.1, 0.15) is 26.2 Å². The third kappa shape index (κ3) is 1.44. The molecule has 1 fully saturated rings. The van der Waals surface area contributed by atoms with E-state index in [-0.39, 0.29) is 11.9 Å². The normalized spacial score (nSPS) is 26.3. The first kappa shape index (κ1) is 6.59. The van der Waals surface area contributed by atoms with Crippen LogP contribution >= 0.6 is 0 Å². The van der Waals surface area contributed by atoms with E-state index >= 15 is 0 Å². The van der Waals surface area contributed by atoms with Crippen molar-refractivity contribution >= 4 is 5.97 Å². The van der Waals surface area contributed by atoms with Gasteiger partial charge in [0.25, 0.3) is 0 Å². The van der Waals surface area contributed by atoms with Gasteiger partial charge in [0.15, 0.2) is 0 Å². The maximum absolute atomic E-state index is 10.7. The third-order valence-electron chi connectivity index (χ3n) is 1.68. The maximum Gasteiger partial charge on any atom is 0.309 e. The molecule has 1 aliphatic rings. The Morgan fingerprint density at radius 1 is 1.78 bits per heavy atom. The molecule has 0 aromatic rings. The van der Waals surface area contributed by atoms with Gasteiger partial charge in [-0.3, -0.25) is 4.79 Å². The molecule has 1 heterocycles. The van der Waals surface area contributed by atoms with E-state index in [4.69, 9.17) is 4.74 Å². The molecule has 1 rings (SSSR count). The Labute approximate surface area is 55.2 Å². The Morgan fingerprint density at radius 3 is 3.00 bits per heavy atom. The molecule has 1 aliphatic heterocycles. The van der Waals surface area contributed by atoms with E-state index in [2.05, 4.69) is 6.92 Å². The van der Waals surface area contributed by atoms with Crippen molar-refractivity contribution < 1.29 is 9.53 Å². The van der Waals surface area contributed by atoms with Crippen LogP contribution in [0, 0.1) is 5.92 Å². The Kier molecular flexibility index (Phi) is 2.09. The van der Waals surface area contributed by atoms with E-state index in [1.54, 1.807) is 0 Å². The first-order chi connectivity index (χ1) is 4.34. The highest BCUT2D eigenvalue weighted by Crippen LogP contribution is 2.18. The molecular weight excluding hydrogens is 116 g/mol. The van der Waals surface area contributed by atoms with Gasteiger partial charge in [-0.2, -0.15) is 0 Å².